The third-order valence-electron chi connectivity index (χ3n) is 4.55. The van der Waals surface area contributed by atoms with Gasteiger partial charge in [-0.3, -0.25) is 0 Å². The Kier molecular flexibility index (Phi) is 5.22. The molecule has 1 atom stereocenters. The summed E-state index contributed by atoms with van der Waals surface area (Å²) in [5.41, 5.74) is 3.40. The maximum absolute atomic E-state index is 3.77. The number of hydrogen-bond donors (Lipinski definition) is 1. The van der Waals surface area contributed by atoms with Crippen LogP contribution >= 0.6 is 0 Å². The predicted octanol–water partition coefficient (Wildman–Crippen LogP) is 3.73. The van der Waals surface area contributed by atoms with E-state index < -0.39 is 0 Å². The molecule has 1 aliphatic carbocycles. The first-order valence-electron chi connectivity index (χ1n) is 7.98. The molecule has 0 aromatic heterocycles. The summed E-state index contributed by atoms with van der Waals surface area (Å²) in [5, 5.41) is 3.77. The number of benzene rings is 1. The molecule has 0 heterocycles. The van der Waals surface area contributed by atoms with E-state index in [2.05, 4.69) is 62.4 Å². The van der Waals surface area contributed by atoms with E-state index in [1.54, 1.807) is 0 Å². The first-order valence-corrected chi connectivity index (χ1v) is 7.98. The highest BCUT2D eigenvalue weighted by molar-refractivity contribution is 5.38. The van der Waals surface area contributed by atoms with Crippen molar-refractivity contribution in [2.75, 3.05) is 27.2 Å². The van der Waals surface area contributed by atoms with Crippen molar-refractivity contribution in [2.45, 2.75) is 51.0 Å². The molecule has 0 aliphatic heterocycles. The molecule has 20 heavy (non-hydrogen) atoms. The molecule has 2 heteroatoms. The zero-order chi connectivity index (χ0) is 14.6. The number of fused-ring (bicyclic) bond motifs is 1. The van der Waals surface area contributed by atoms with Crippen LogP contribution in [0.3, 0.4) is 0 Å². The van der Waals surface area contributed by atoms with Gasteiger partial charge in [-0.25, -0.2) is 0 Å². The second-order valence-corrected chi connectivity index (χ2v) is 7.03. The lowest BCUT2D eigenvalue weighted by Crippen LogP contribution is -2.33. The number of nitrogens with zero attached hydrogens (tertiary/aromatic N) is 1. The maximum atomic E-state index is 3.77. The summed E-state index contributed by atoms with van der Waals surface area (Å²) in [5.74, 6) is 0. The molecule has 0 saturated heterocycles. The first-order chi connectivity index (χ1) is 9.50. The molecule has 112 valence electrons. The van der Waals surface area contributed by atoms with E-state index in [9.17, 15) is 0 Å². The Balaban J connectivity index is 1.91. The van der Waals surface area contributed by atoms with Crippen molar-refractivity contribution in [3.8, 4) is 0 Å². The normalized spacial score (nSPS) is 20.9. The topological polar surface area (TPSA) is 15.3 Å². The van der Waals surface area contributed by atoms with E-state index in [-0.39, 0.29) is 0 Å². The molecule has 0 saturated carbocycles. The summed E-state index contributed by atoms with van der Waals surface area (Å²) in [6.45, 7) is 7.07. The van der Waals surface area contributed by atoms with Crippen molar-refractivity contribution in [2.24, 2.45) is 0 Å². The number of hydrogen-bond acceptors (Lipinski definition) is 2. The highest BCUT2D eigenvalue weighted by Crippen LogP contribution is 2.41. The van der Waals surface area contributed by atoms with Crippen LogP contribution in [0.15, 0.2) is 24.3 Å². The van der Waals surface area contributed by atoms with Crippen molar-refractivity contribution in [3.05, 3.63) is 35.4 Å². The lowest BCUT2D eigenvalue weighted by Gasteiger charge is -2.37. The van der Waals surface area contributed by atoms with E-state index in [4.69, 9.17) is 0 Å². The molecule has 2 rings (SSSR count). The summed E-state index contributed by atoms with van der Waals surface area (Å²) in [6, 6.07) is 9.54. The van der Waals surface area contributed by atoms with Crippen LogP contribution in [0.4, 0.5) is 0 Å². The van der Waals surface area contributed by atoms with E-state index in [1.807, 2.05) is 0 Å². The van der Waals surface area contributed by atoms with Gasteiger partial charge >= 0.3 is 0 Å². The van der Waals surface area contributed by atoms with Crippen molar-refractivity contribution in [3.63, 3.8) is 0 Å². The molecule has 0 radical (unpaired) electrons. The van der Waals surface area contributed by atoms with E-state index >= 15 is 0 Å². The molecule has 0 fully saturated rings. The van der Waals surface area contributed by atoms with Crippen molar-refractivity contribution < 1.29 is 0 Å². The van der Waals surface area contributed by atoms with Crippen molar-refractivity contribution in [1.82, 2.24) is 10.2 Å². The maximum Gasteiger partial charge on any atom is 0.0323 e. The largest absolute Gasteiger partial charge is 0.310 e. The van der Waals surface area contributed by atoms with Gasteiger partial charge in [-0.2, -0.15) is 0 Å². The molecule has 0 bridgehead atoms. The minimum atomic E-state index is 0.333. The quantitative estimate of drug-likeness (QED) is 0.795. The molecule has 1 aromatic rings. The zero-order valence-corrected chi connectivity index (χ0v) is 13.6. The Labute approximate surface area is 124 Å². The monoisotopic (exact) mass is 274 g/mol. The van der Waals surface area contributed by atoms with Crippen molar-refractivity contribution in [1.29, 1.82) is 0 Å². The molecule has 1 unspecified atom stereocenters. The smallest absolute Gasteiger partial charge is 0.0323 e. The number of nitrogens with one attached hydrogen (secondary N) is 1. The molecular weight excluding hydrogens is 244 g/mol. The third-order valence-corrected chi connectivity index (χ3v) is 4.55. The van der Waals surface area contributed by atoms with Gasteiger partial charge in [-0.15, -0.1) is 0 Å². The Bertz CT molecular complexity index is 423. The van der Waals surface area contributed by atoms with Gasteiger partial charge in [0, 0.05) is 6.04 Å². The van der Waals surface area contributed by atoms with Crippen LogP contribution in [-0.2, 0) is 5.41 Å². The van der Waals surface area contributed by atoms with Gasteiger partial charge in [0.15, 0.2) is 0 Å². The average Bonchev–Trinajstić information content (AvgIpc) is 2.41. The predicted molar refractivity (Wildman–Crippen MR) is 87.2 cm³/mol. The average molecular weight is 274 g/mol. The van der Waals surface area contributed by atoms with Crippen LogP contribution in [0.25, 0.3) is 0 Å². The summed E-state index contributed by atoms with van der Waals surface area (Å²) in [7, 11) is 4.29. The highest BCUT2D eigenvalue weighted by Gasteiger charge is 2.31. The van der Waals surface area contributed by atoms with Gasteiger partial charge in [0.05, 0.1) is 0 Å². The molecule has 1 aromatic carbocycles. The van der Waals surface area contributed by atoms with Gasteiger partial charge in [-0.1, -0.05) is 38.1 Å². The Morgan fingerprint density at radius 2 is 1.95 bits per heavy atom. The standard InChI is InChI=1S/C18H30N2/c1-18(2)12-11-17(15-9-5-6-10-16(15)18)19-13-7-8-14-20(3)4/h5-6,9-10,17,19H,7-8,11-14H2,1-4H3. The summed E-state index contributed by atoms with van der Waals surface area (Å²) in [6.07, 6.45) is 5.08. The van der Waals surface area contributed by atoms with E-state index in [1.165, 1.54) is 43.4 Å². The zero-order valence-electron chi connectivity index (χ0n) is 13.6. The lowest BCUT2D eigenvalue weighted by atomic mass is 9.71. The van der Waals surface area contributed by atoms with Crippen LogP contribution in [0.2, 0.25) is 0 Å². The van der Waals surface area contributed by atoms with Gasteiger partial charge < -0.3 is 10.2 Å². The second kappa shape index (κ2) is 6.73. The van der Waals surface area contributed by atoms with Gasteiger partial charge in [0.1, 0.15) is 0 Å². The highest BCUT2D eigenvalue weighted by atomic mass is 15.0. The van der Waals surface area contributed by atoms with Crippen LogP contribution in [-0.4, -0.2) is 32.1 Å². The second-order valence-electron chi connectivity index (χ2n) is 7.03. The molecular formula is C18H30N2. The summed E-state index contributed by atoms with van der Waals surface area (Å²) < 4.78 is 0. The minimum absolute atomic E-state index is 0.333. The van der Waals surface area contributed by atoms with Crippen LogP contribution in [0, 0.1) is 0 Å². The molecule has 0 amide bonds. The molecule has 2 nitrogen and oxygen atoms in total. The fourth-order valence-electron chi connectivity index (χ4n) is 3.25. The first kappa shape index (κ1) is 15.5. The summed E-state index contributed by atoms with van der Waals surface area (Å²) >= 11 is 0. The molecule has 1 aliphatic rings. The van der Waals surface area contributed by atoms with Crippen molar-refractivity contribution >= 4 is 0 Å². The van der Waals surface area contributed by atoms with Gasteiger partial charge in [-0.05, 0) is 69.4 Å². The van der Waals surface area contributed by atoms with Crippen LogP contribution < -0.4 is 5.32 Å². The Morgan fingerprint density at radius 1 is 1.20 bits per heavy atom. The molecule has 1 N–H and O–H groups in total. The van der Waals surface area contributed by atoms with E-state index in [0.29, 0.717) is 11.5 Å². The number of rotatable bonds is 6. The SMILES string of the molecule is CN(C)CCCCNC1CCC(C)(C)c2ccccc21. The summed E-state index contributed by atoms with van der Waals surface area (Å²) in [4.78, 5) is 2.26. The molecule has 0 spiro atoms. The minimum Gasteiger partial charge on any atom is -0.310 e. The van der Waals surface area contributed by atoms with E-state index in [0.717, 1.165) is 6.54 Å². The Hall–Kier alpha value is -0.860. The number of unbranched alkanes of at least 4 members (excludes halogenated alkanes) is 1. The third kappa shape index (κ3) is 3.83. The van der Waals surface area contributed by atoms with Crippen LogP contribution in [0.5, 0.6) is 0 Å². The van der Waals surface area contributed by atoms with Gasteiger partial charge in [0.2, 0.25) is 0 Å². The fourth-order valence-corrected chi connectivity index (χ4v) is 3.25. The van der Waals surface area contributed by atoms with Crippen LogP contribution in [0.1, 0.15) is 56.7 Å². The van der Waals surface area contributed by atoms with Gasteiger partial charge in [0.25, 0.3) is 0 Å². The Morgan fingerprint density at radius 3 is 2.70 bits per heavy atom. The lowest BCUT2D eigenvalue weighted by molar-refractivity contribution is 0.349. The fraction of sp³-hybridized carbons (Fsp3) is 0.667.